The third-order valence-electron chi connectivity index (χ3n) is 4.55. The molecule has 3 heterocycles. The maximum absolute atomic E-state index is 12.6. The van der Waals surface area contributed by atoms with Crippen LogP contribution in [0.1, 0.15) is 28.7 Å². The van der Waals surface area contributed by atoms with Gasteiger partial charge in [0.25, 0.3) is 5.91 Å². The fraction of sp³-hybridized carbons (Fsp3) is 0.714. The van der Waals surface area contributed by atoms with Crippen LogP contribution in [0.15, 0.2) is 0 Å². The van der Waals surface area contributed by atoms with Crippen molar-refractivity contribution in [2.24, 2.45) is 5.92 Å². The van der Waals surface area contributed by atoms with Gasteiger partial charge in [0, 0.05) is 57.2 Å². The van der Waals surface area contributed by atoms with Crippen molar-refractivity contribution in [1.82, 2.24) is 19.6 Å². The Morgan fingerprint density at radius 2 is 2.10 bits per heavy atom. The van der Waals surface area contributed by atoms with Crippen molar-refractivity contribution in [3.05, 3.63) is 17.0 Å². The van der Waals surface area contributed by atoms with Gasteiger partial charge in [-0.15, -0.1) is 0 Å². The molecule has 0 saturated carbocycles. The average molecular weight is 278 g/mol. The molecule has 1 aromatic rings. The first-order valence-corrected chi connectivity index (χ1v) is 7.16. The molecule has 2 aliphatic rings. The Morgan fingerprint density at radius 3 is 2.80 bits per heavy atom. The monoisotopic (exact) mass is 278 g/mol. The second-order valence-corrected chi connectivity index (χ2v) is 6.16. The lowest BCUT2D eigenvalue weighted by Crippen LogP contribution is -2.36. The first-order chi connectivity index (χ1) is 9.51. The molecule has 0 saturated heterocycles. The van der Waals surface area contributed by atoms with Crippen molar-refractivity contribution in [1.29, 1.82) is 0 Å². The molecule has 20 heavy (non-hydrogen) atoms. The van der Waals surface area contributed by atoms with E-state index in [1.165, 1.54) is 0 Å². The second-order valence-electron chi connectivity index (χ2n) is 6.16. The Kier molecular flexibility index (Phi) is 3.30. The Bertz CT molecular complexity index is 540. The average Bonchev–Trinajstić information content (AvgIpc) is 2.68. The molecule has 0 radical (unpaired) electrons. The van der Waals surface area contributed by atoms with E-state index in [0.29, 0.717) is 19.1 Å². The highest BCUT2D eigenvalue weighted by molar-refractivity contribution is 5.94. The molecule has 6 heteroatoms. The van der Waals surface area contributed by atoms with E-state index < -0.39 is 0 Å². The Balaban J connectivity index is 2.06. The normalized spacial score (nSPS) is 27.2. The molecule has 0 aliphatic carbocycles. The van der Waals surface area contributed by atoms with E-state index in [0.717, 1.165) is 29.9 Å². The molecule has 1 aromatic heterocycles. The summed E-state index contributed by atoms with van der Waals surface area (Å²) in [4.78, 5) is 16.5. The van der Waals surface area contributed by atoms with E-state index in [1.54, 1.807) is 11.9 Å². The van der Waals surface area contributed by atoms with Crippen molar-refractivity contribution in [3.63, 3.8) is 0 Å². The van der Waals surface area contributed by atoms with E-state index in [4.69, 9.17) is 0 Å². The van der Waals surface area contributed by atoms with E-state index in [2.05, 4.69) is 24.0 Å². The van der Waals surface area contributed by atoms with Gasteiger partial charge in [-0.2, -0.15) is 5.10 Å². The topological polar surface area (TPSA) is 61.6 Å². The SMILES string of the molecule is CC1Cc2nn3c(c2CN1C)C(=O)N(C)CC(CO)C3. The van der Waals surface area contributed by atoms with Crippen LogP contribution in [0.2, 0.25) is 0 Å². The van der Waals surface area contributed by atoms with Gasteiger partial charge < -0.3 is 10.0 Å². The summed E-state index contributed by atoms with van der Waals surface area (Å²) in [5.74, 6) is 0.0827. The Morgan fingerprint density at radius 1 is 1.35 bits per heavy atom. The summed E-state index contributed by atoms with van der Waals surface area (Å²) >= 11 is 0. The van der Waals surface area contributed by atoms with Gasteiger partial charge in [0.05, 0.1) is 5.69 Å². The van der Waals surface area contributed by atoms with Crippen LogP contribution in [0.25, 0.3) is 0 Å². The lowest BCUT2D eigenvalue weighted by atomic mass is 10.00. The predicted molar refractivity (Wildman–Crippen MR) is 74.4 cm³/mol. The van der Waals surface area contributed by atoms with Crippen molar-refractivity contribution < 1.29 is 9.90 Å². The van der Waals surface area contributed by atoms with Crippen LogP contribution in [0, 0.1) is 5.92 Å². The highest BCUT2D eigenvalue weighted by Gasteiger charge is 2.34. The Hall–Kier alpha value is -1.40. The largest absolute Gasteiger partial charge is 0.396 e. The van der Waals surface area contributed by atoms with E-state index in [9.17, 15) is 9.90 Å². The van der Waals surface area contributed by atoms with Crippen LogP contribution in [0.4, 0.5) is 0 Å². The van der Waals surface area contributed by atoms with Gasteiger partial charge in [0.15, 0.2) is 0 Å². The van der Waals surface area contributed by atoms with Gasteiger partial charge in [0.1, 0.15) is 5.69 Å². The van der Waals surface area contributed by atoms with Gasteiger partial charge in [-0.1, -0.05) is 0 Å². The summed E-state index contributed by atoms with van der Waals surface area (Å²) in [6, 6.07) is 0.447. The third kappa shape index (κ3) is 2.03. The maximum atomic E-state index is 12.6. The van der Waals surface area contributed by atoms with Crippen LogP contribution < -0.4 is 0 Å². The number of hydrogen-bond donors (Lipinski definition) is 1. The molecule has 6 nitrogen and oxygen atoms in total. The highest BCUT2D eigenvalue weighted by Crippen LogP contribution is 2.27. The first-order valence-electron chi connectivity index (χ1n) is 7.16. The number of rotatable bonds is 1. The first kappa shape index (κ1) is 13.6. The second kappa shape index (κ2) is 4.86. The zero-order valence-electron chi connectivity index (χ0n) is 12.3. The molecule has 3 rings (SSSR count). The predicted octanol–water partition coefficient (Wildman–Crippen LogP) is -0.0464. The summed E-state index contributed by atoms with van der Waals surface area (Å²) in [5, 5.41) is 14.1. The number of fused-ring (bicyclic) bond motifs is 3. The van der Waals surface area contributed by atoms with Crippen LogP contribution in [-0.4, -0.2) is 63.9 Å². The molecular formula is C14H22N4O2. The molecule has 2 aliphatic heterocycles. The smallest absolute Gasteiger partial charge is 0.272 e. The number of carbonyl (C=O) groups excluding carboxylic acids is 1. The van der Waals surface area contributed by atoms with Gasteiger partial charge in [0.2, 0.25) is 0 Å². The summed E-state index contributed by atoms with van der Waals surface area (Å²) in [6.45, 7) is 4.23. The van der Waals surface area contributed by atoms with Crippen molar-refractivity contribution in [2.75, 3.05) is 27.2 Å². The molecule has 1 amide bonds. The number of aliphatic hydroxyl groups is 1. The van der Waals surface area contributed by atoms with Gasteiger partial charge in [-0.25, -0.2) is 0 Å². The van der Waals surface area contributed by atoms with Crippen molar-refractivity contribution in [3.8, 4) is 0 Å². The number of aromatic nitrogens is 2. The summed E-state index contributed by atoms with van der Waals surface area (Å²) in [5.41, 5.74) is 2.84. The standard InChI is InChI=1S/C14H22N4O2/c1-9-4-12-11(7-16(9)2)13-14(20)17(3)5-10(8-19)6-18(13)15-12/h9-10,19H,4-8H2,1-3H3. The van der Waals surface area contributed by atoms with Gasteiger partial charge in [-0.3, -0.25) is 14.4 Å². The van der Waals surface area contributed by atoms with Crippen LogP contribution in [0.5, 0.6) is 0 Å². The summed E-state index contributed by atoms with van der Waals surface area (Å²) < 4.78 is 1.82. The van der Waals surface area contributed by atoms with Crippen LogP contribution in [-0.2, 0) is 19.5 Å². The molecular weight excluding hydrogens is 256 g/mol. The molecule has 0 fully saturated rings. The fourth-order valence-electron chi connectivity index (χ4n) is 3.16. The minimum absolute atomic E-state index is 0.0256. The lowest BCUT2D eigenvalue weighted by molar-refractivity contribution is 0.0761. The molecule has 0 spiro atoms. The molecule has 110 valence electrons. The number of hydrogen-bond acceptors (Lipinski definition) is 4. The number of amides is 1. The number of nitrogens with zero attached hydrogens (tertiary/aromatic N) is 4. The van der Waals surface area contributed by atoms with E-state index in [1.807, 2.05) is 4.68 Å². The minimum atomic E-state index is 0.0256. The lowest BCUT2D eigenvalue weighted by Gasteiger charge is -2.29. The van der Waals surface area contributed by atoms with Crippen molar-refractivity contribution >= 4 is 5.91 Å². The van der Waals surface area contributed by atoms with Crippen molar-refractivity contribution in [2.45, 2.75) is 32.5 Å². The maximum Gasteiger partial charge on any atom is 0.272 e. The Labute approximate surface area is 119 Å². The molecule has 1 N–H and O–H groups in total. The zero-order valence-corrected chi connectivity index (χ0v) is 12.3. The van der Waals surface area contributed by atoms with Gasteiger partial charge in [-0.05, 0) is 14.0 Å². The van der Waals surface area contributed by atoms with Crippen LogP contribution >= 0.6 is 0 Å². The highest BCUT2D eigenvalue weighted by atomic mass is 16.3. The van der Waals surface area contributed by atoms with Gasteiger partial charge >= 0.3 is 0 Å². The third-order valence-corrected chi connectivity index (χ3v) is 4.55. The number of aliphatic hydroxyl groups excluding tert-OH is 1. The quantitative estimate of drug-likeness (QED) is 0.782. The van der Waals surface area contributed by atoms with E-state index >= 15 is 0 Å². The zero-order chi connectivity index (χ0) is 14.4. The summed E-state index contributed by atoms with van der Waals surface area (Å²) in [7, 11) is 3.88. The molecule has 0 aromatic carbocycles. The van der Waals surface area contributed by atoms with Crippen LogP contribution in [0.3, 0.4) is 0 Å². The number of carbonyl (C=O) groups is 1. The fourth-order valence-corrected chi connectivity index (χ4v) is 3.16. The summed E-state index contributed by atoms with van der Waals surface area (Å²) in [6.07, 6.45) is 0.882. The molecule has 2 atom stereocenters. The van der Waals surface area contributed by atoms with E-state index in [-0.39, 0.29) is 18.4 Å². The minimum Gasteiger partial charge on any atom is -0.396 e. The molecule has 0 bridgehead atoms. The number of likely N-dealkylation sites (N-methyl/N-ethyl adjacent to an activating group) is 1. The molecule has 2 unspecified atom stereocenters.